The quantitative estimate of drug-likeness (QED) is 0.260. The van der Waals surface area contributed by atoms with Crippen molar-refractivity contribution >= 4 is 0 Å². The number of unbranched alkanes of at least 4 members (excludes halogenated alkanes) is 2. The molecule has 25 heavy (non-hydrogen) atoms. The predicted molar refractivity (Wildman–Crippen MR) is 115 cm³/mol. The molecule has 1 aliphatic carbocycles. The van der Waals surface area contributed by atoms with E-state index in [-0.39, 0.29) is 0 Å². The van der Waals surface area contributed by atoms with Crippen LogP contribution in [0, 0.1) is 35.5 Å². The molecule has 0 nitrogen and oxygen atoms in total. The van der Waals surface area contributed by atoms with Crippen LogP contribution in [0.1, 0.15) is 99.3 Å². The van der Waals surface area contributed by atoms with Gasteiger partial charge in [-0.3, -0.25) is 0 Å². The molecular weight excluding hydrogens is 300 g/mol. The van der Waals surface area contributed by atoms with Crippen LogP contribution in [-0.4, -0.2) is 0 Å². The first-order chi connectivity index (χ1) is 11.8. The standard InChI is InChI=1S/C25H46/c1-9-10-11-15-24-20(5)22(7)25(23(8)21(24)6)17-16-19(4)14-12-13-18(2)3/h18-19,21-22,24-25H,5,8-17H2,1-4,6-7H3. The zero-order chi connectivity index (χ0) is 19.0. The first kappa shape index (κ1) is 22.5. The fourth-order valence-corrected chi connectivity index (χ4v) is 4.80. The van der Waals surface area contributed by atoms with E-state index in [1.165, 1.54) is 68.9 Å². The van der Waals surface area contributed by atoms with Gasteiger partial charge < -0.3 is 0 Å². The number of allylic oxidation sites excluding steroid dienone is 2. The van der Waals surface area contributed by atoms with Gasteiger partial charge in [-0.15, -0.1) is 0 Å². The summed E-state index contributed by atoms with van der Waals surface area (Å²) in [6, 6.07) is 0. The maximum atomic E-state index is 4.56. The van der Waals surface area contributed by atoms with Gasteiger partial charge in [0.05, 0.1) is 0 Å². The van der Waals surface area contributed by atoms with E-state index in [2.05, 4.69) is 54.7 Å². The van der Waals surface area contributed by atoms with Gasteiger partial charge in [0.2, 0.25) is 0 Å². The van der Waals surface area contributed by atoms with Crippen LogP contribution in [0.15, 0.2) is 24.3 Å². The zero-order valence-electron chi connectivity index (χ0n) is 18.2. The van der Waals surface area contributed by atoms with Crippen molar-refractivity contribution in [2.24, 2.45) is 35.5 Å². The minimum Gasteiger partial charge on any atom is -0.0993 e. The second-order valence-corrected chi connectivity index (χ2v) is 9.44. The summed E-state index contributed by atoms with van der Waals surface area (Å²) in [6.07, 6.45) is 12.2. The van der Waals surface area contributed by atoms with E-state index in [0.717, 1.165) is 11.8 Å². The molecule has 0 bridgehead atoms. The summed E-state index contributed by atoms with van der Waals surface area (Å²) >= 11 is 0. The maximum Gasteiger partial charge on any atom is -0.0140 e. The lowest BCUT2D eigenvalue weighted by molar-refractivity contribution is 0.250. The second-order valence-electron chi connectivity index (χ2n) is 9.44. The van der Waals surface area contributed by atoms with Crippen molar-refractivity contribution in [1.82, 2.24) is 0 Å². The van der Waals surface area contributed by atoms with E-state index in [1.807, 2.05) is 0 Å². The summed E-state index contributed by atoms with van der Waals surface area (Å²) in [5.74, 6) is 4.29. The molecule has 0 aromatic rings. The first-order valence-corrected chi connectivity index (χ1v) is 11.2. The Balaban J connectivity index is 2.52. The van der Waals surface area contributed by atoms with E-state index < -0.39 is 0 Å². The highest BCUT2D eigenvalue weighted by Gasteiger charge is 2.37. The average Bonchev–Trinajstić information content (AvgIpc) is 2.56. The van der Waals surface area contributed by atoms with Crippen molar-refractivity contribution in [2.75, 3.05) is 0 Å². The smallest absolute Gasteiger partial charge is 0.0140 e. The van der Waals surface area contributed by atoms with Crippen LogP contribution in [0.4, 0.5) is 0 Å². The molecule has 5 atom stereocenters. The zero-order valence-corrected chi connectivity index (χ0v) is 18.2. The van der Waals surface area contributed by atoms with Crippen LogP contribution < -0.4 is 0 Å². The molecule has 0 amide bonds. The third kappa shape index (κ3) is 6.95. The molecule has 0 saturated heterocycles. The molecule has 1 rings (SSSR count). The molecular formula is C25H46. The van der Waals surface area contributed by atoms with Crippen molar-refractivity contribution in [3.05, 3.63) is 24.3 Å². The fourth-order valence-electron chi connectivity index (χ4n) is 4.80. The fraction of sp³-hybridized carbons (Fsp3) is 0.840. The molecule has 5 unspecified atom stereocenters. The summed E-state index contributed by atoms with van der Waals surface area (Å²) in [4.78, 5) is 0. The van der Waals surface area contributed by atoms with Crippen molar-refractivity contribution in [3.63, 3.8) is 0 Å². The summed E-state index contributed by atoms with van der Waals surface area (Å²) < 4.78 is 0. The van der Waals surface area contributed by atoms with Gasteiger partial charge in [-0.25, -0.2) is 0 Å². The third-order valence-corrected chi connectivity index (χ3v) is 6.90. The van der Waals surface area contributed by atoms with Crippen molar-refractivity contribution < 1.29 is 0 Å². The van der Waals surface area contributed by atoms with Gasteiger partial charge in [0.15, 0.2) is 0 Å². The van der Waals surface area contributed by atoms with Crippen LogP contribution in [0.2, 0.25) is 0 Å². The van der Waals surface area contributed by atoms with E-state index >= 15 is 0 Å². The van der Waals surface area contributed by atoms with E-state index in [1.54, 1.807) is 0 Å². The SMILES string of the molecule is C=C1C(C)C(CCC(C)CCCC(C)C)C(=C)C(C)C1CCCCC. The molecule has 0 aliphatic heterocycles. The van der Waals surface area contributed by atoms with E-state index in [9.17, 15) is 0 Å². The number of hydrogen-bond donors (Lipinski definition) is 0. The van der Waals surface area contributed by atoms with Gasteiger partial charge >= 0.3 is 0 Å². The van der Waals surface area contributed by atoms with Crippen LogP contribution in [0.25, 0.3) is 0 Å². The van der Waals surface area contributed by atoms with Crippen molar-refractivity contribution in [2.45, 2.75) is 99.3 Å². The maximum absolute atomic E-state index is 4.56. The molecule has 146 valence electrons. The molecule has 0 aromatic carbocycles. The summed E-state index contributed by atoms with van der Waals surface area (Å²) in [5, 5.41) is 0. The average molecular weight is 347 g/mol. The van der Waals surface area contributed by atoms with Gasteiger partial charge in [0.25, 0.3) is 0 Å². The topological polar surface area (TPSA) is 0 Å². The molecule has 0 radical (unpaired) electrons. The van der Waals surface area contributed by atoms with Gasteiger partial charge in [0, 0.05) is 0 Å². The monoisotopic (exact) mass is 346 g/mol. The molecule has 1 saturated carbocycles. The predicted octanol–water partition coefficient (Wildman–Crippen LogP) is 8.44. The first-order valence-electron chi connectivity index (χ1n) is 11.2. The van der Waals surface area contributed by atoms with E-state index in [4.69, 9.17) is 0 Å². The van der Waals surface area contributed by atoms with Gasteiger partial charge in [-0.1, -0.05) is 111 Å². The molecule has 0 heteroatoms. The van der Waals surface area contributed by atoms with Crippen molar-refractivity contribution in [3.8, 4) is 0 Å². The Morgan fingerprint density at radius 2 is 1.32 bits per heavy atom. The van der Waals surface area contributed by atoms with Crippen LogP contribution in [-0.2, 0) is 0 Å². The lowest BCUT2D eigenvalue weighted by atomic mass is 9.62. The summed E-state index contributed by atoms with van der Waals surface area (Å²) in [7, 11) is 0. The molecule has 0 aromatic heterocycles. The van der Waals surface area contributed by atoms with Gasteiger partial charge in [-0.05, 0) is 48.3 Å². The highest BCUT2D eigenvalue weighted by molar-refractivity contribution is 5.24. The molecule has 1 aliphatic rings. The Bertz CT molecular complexity index is 402. The number of rotatable bonds is 11. The lowest BCUT2D eigenvalue weighted by Gasteiger charge is -2.43. The molecule has 1 fully saturated rings. The lowest BCUT2D eigenvalue weighted by Crippen LogP contribution is -2.33. The Hall–Kier alpha value is -0.520. The Kier molecular flexibility index (Phi) is 10.1. The molecule has 0 N–H and O–H groups in total. The largest absolute Gasteiger partial charge is 0.0993 e. The van der Waals surface area contributed by atoms with Gasteiger partial charge in [0.1, 0.15) is 0 Å². The highest BCUT2D eigenvalue weighted by Crippen LogP contribution is 2.47. The van der Waals surface area contributed by atoms with Gasteiger partial charge in [-0.2, -0.15) is 0 Å². The summed E-state index contributed by atoms with van der Waals surface area (Å²) in [6.45, 7) is 23.3. The Morgan fingerprint density at radius 3 is 1.84 bits per heavy atom. The third-order valence-electron chi connectivity index (χ3n) is 6.90. The van der Waals surface area contributed by atoms with Crippen LogP contribution in [0.5, 0.6) is 0 Å². The van der Waals surface area contributed by atoms with Crippen molar-refractivity contribution in [1.29, 1.82) is 0 Å². The minimum atomic E-state index is 0.623. The Morgan fingerprint density at radius 1 is 0.760 bits per heavy atom. The van der Waals surface area contributed by atoms with Crippen LogP contribution in [0.3, 0.4) is 0 Å². The minimum absolute atomic E-state index is 0.623. The summed E-state index contributed by atoms with van der Waals surface area (Å²) in [5.41, 5.74) is 3.05. The molecule has 0 spiro atoms. The van der Waals surface area contributed by atoms with Crippen LogP contribution >= 0.6 is 0 Å². The second kappa shape index (κ2) is 11.2. The highest BCUT2D eigenvalue weighted by atomic mass is 14.4. The normalized spacial score (nSPS) is 28.6. The number of hydrogen-bond acceptors (Lipinski definition) is 0. The Labute approximate surface area is 159 Å². The van der Waals surface area contributed by atoms with E-state index in [0.29, 0.717) is 23.7 Å². The molecule has 0 heterocycles.